The Kier molecular flexibility index (Phi) is 6.03. The third-order valence-electron chi connectivity index (χ3n) is 3.52. The fourth-order valence-electron chi connectivity index (χ4n) is 1.95. The first-order valence-corrected chi connectivity index (χ1v) is 7.40. The van der Waals surface area contributed by atoms with Crippen molar-refractivity contribution in [3.8, 4) is 5.75 Å². The Balaban J connectivity index is 2.36. The van der Waals surface area contributed by atoms with Gasteiger partial charge in [-0.05, 0) is 49.3 Å². The van der Waals surface area contributed by atoms with Crippen molar-refractivity contribution in [2.75, 3.05) is 13.2 Å². The molecule has 0 aliphatic carbocycles. The van der Waals surface area contributed by atoms with Crippen molar-refractivity contribution < 1.29 is 9.84 Å². The number of unbranched alkanes of at least 4 members (excludes halogenated alkanes) is 1. The van der Waals surface area contributed by atoms with Gasteiger partial charge in [0.2, 0.25) is 0 Å². The summed E-state index contributed by atoms with van der Waals surface area (Å²) in [5, 5.41) is 9.80. The van der Waals surface area contributed by atoms with Gasteiger partial charge in [-0.1, -0.05) is 32.9 Å². The number of benzene rings is 1. The highest BCUT2D eigenvalue weighted by atomic mass is 16.5. The Morgan fingerprint density at radius 3 is 2.45 bits per heavy atom. The molecule has 0 bridgehead atoms. The maximum atomic E-state index is 9.80. The normalized spacial score (nSPS) is 14.9. The van der Waals surface area contributed by atoms with Crippen LogP contribution >= 0.6 is 0 Å². The third-order valence-corrected chi connectivity index (χ3v) is 3.52. The standard InChI is InChI=1S/C17H29NO2/c1-16(2,3)14-8-7-9-15(12-14)20-11-6-5-10-17(4,19)13-18/h7-9,12,19H,5-6,10-11,13,18H2,1-4H3. The summed E-state index contributed by atoms with van der Waals surface area (Å²) >= 11 is 0. The zero-order chi connectivity index (χ0) is 15.2. The van der Waals surface area contributed by atoms with Crippen molar-refractivity contribution in [3.63, 3.8) is 0 Å². The SMILES string of the molecule is CC(O)(CN)CCCCOc1cccc(C(C)(C)C)c1. The Hall–Kier alpha value is -1.06. The minimum Gasteiger partial charge on any atom is -0.494 e. The second kappa shape index (κ2) is 7.09. The van der Waals surface area contributed by atoms with Crippen LogP contribution in [0.5, 0.6) is 5.75 Å². The highest BCUT2D eigenvalue weighted by Crippen LogP contribution is 2.25. The quantitative estimate of drug-likeness (QED) is 0.753. The molecule has 0 amide bonds. The van der Waals surface area contributed by atoms with Gasteiger partial charge in [0.15, 0.2) is 0 Å². The van der Waals surface area contributed by atoms with Crippen LogP contribution in [0, 0.1) is 0 Å². The van der Waals surface area contributed by atoms with Crippen molar-refractivity contribution in [2.24, 2.45) is 5.73 Å². The molecule has 0 aliphatic rings. The first-order chi connectivity index (χ1) is 9.24. The predicted octanol–water partition coefficient (Wildman–Crippen LogP) is 3.24. The van der Waals surface area contributed by atoms with Gasteiger partial charge in [-0.25, -0.2) is 0 Å². The Morgan fingerprint density at radius 2 is 1.85 bits per heavy atom. The first-order valence-electron chi connectivity index (χ1n) is 7.40. The van der Waals surface area contributed by atoms with Crippen LogP contribution in [0.3, 0.4) is 0 Å². The fourth-order valence-corrected chi connectivity index (χ4v) is 1.95. The van der Waals surface area contributed by atoms with E-state index < -0.39 is 5.60 Å². The monoisotopic (exact) mass is 279 g/mol. The van der Waals surface area contributed by atoms with Crippen molar-refractivity contribution >= 4 is 0 Å². The van der Waals surface area contributed by atoms with Gasteiger partial charge in [-0.15, -0.1) is 0 Å². The van der Waals surface area contributed by atoms with Gasteiger partial charge in [-0.3, -0.25) is 0 Å². The molecule has 1 aromatic carbocycles. The second-order valence-corrected chi connectivity index (χ2v) is 6.78. The zero-order valence-electron chi connectivity index (χ0n) is 13.3. The van der Waals surface area contributed by atoms with Gasteiger partial charge in [0.1, 0.15) is 5.75 Å². The van der Waals surface area contributed by atoms with Crippen LogP contribution in [-0.4, -0.2) is 23.9 Å². The van der Waals surface area contributed by atoms with Gasteiger partial charge in [-0.2, -0.15) is 0 Å². The van der Waals surface area contributed by atoms with Crippen LogP contribution in [0.15, 0.2) is 24.3 Å². The lowest BCUT2D eigenvalue weighted by Gasteiger charge is -2.21. The van der Waals surface area contributed by atoms with Gasteiger partial charge in [0.25, 0.3) is 0 Å². The molecule has 1 rings (SSSR count). The molecule has 0 aliphatic heterocycles. The second-order valence-electron chi connectivity index (χ2n) is 6.78. The van der Waals surface area contributed by atoms with Gasteiger partial charge >= 0.3 is 0 Å². The molecule has 3 N–H and O–H groups in total. The van der Waals surface area contributed by atoms with E-state index in [1.54, 1.807) is 6.92 Å². The predicted molar refractivity (Wildman–Crippen MR) is 84.2 cm³/mol. The van der Waals surface area contributed by atoms with Crippen LogP contribution in [0.1, 0.15) is 52.5 Å². The largest absolute Gasteiger partial charge is 0.494 e. The summed E-state index contributed by atoms with van der Waals surface area (Å²) in [5.41, 5.74) is 6.16. The summed E-state index contributed by atoms with van der Waals surface area (Å²) in [4.78, 5) is 0. The smallest absolute Gasteiger partial charge is 0.119 e. The molecule has 1 atom stereocenters. The van der Waals surface area contributed by atoms with Crippen LogP contribution in [0.2, 0.25) is 0 Å². The summed E-state index contributed by atoms with van der Waals surface area (Å²) in [6, 6.07) is 8.27. The molecular formula is C17H29NO2. The molecule has 0 fully saturated rings. The maximum Gasteiger partial charge on any atom is 0.119 e. The van der Waals surface area contributed by atoms with E-state index in [4.69, 9.17) is 10.5 Å². The van der Waals surface area contributed by atoms with Crippen LogP contribution in [0.25, 0.3) is 0 Å². The summed E-state index contributed by atoms with van der Waals surface area (Å²) in [6.07, 6.45) is 2.56. The van der Waals surface area contributed by atoms with E-state index in [9.17, 15) is 5.11 Å². The number of hydrogen-bond donors (Lipinski definition) is 2. The molecule has 0 saturated carbocycles. The third kappa shape index (κ3) is 5.93. The summed E-state index contributed by atoms with van der Waals surface area (Å²) < 4.78 is 5.78. The molecule has 114 valence electrons. The van der Waals surface area contributed by atoms with Gasteiger partial charge < -0.3 is 15.6 Å². The molecule has 3 heteroatoms. The van der Waals surface area contributed by atoms with Gasteiger partial charge in [0.05, 0.1) is 12.2 Å². The first kappa shape index (κ1) is 17.0. The molecule has 20 heavy (non-hydrogen) atoms. The van der Waals surface area contributed by atoms with E-state index >= 15 is 0 Å². The summed E-state index contributed by atoms with van der Waals surface area (Å²) in [6.45, 7) is 9.35. The molecule has 0 radical (unpaired) electrons. The zero-order valence-corrected chi connectivity index (χ0v) is 13.3. The van der Waals surface area contributed by atoms with Crippen molar-refractivity contribution in [1.82, 2.24) is 0 Å². The summed E-state index contributed by atoms with van der Waals surface area (Å²) in [7, 11) is 0. The average molecular weight is 279 g/mol. The number of ether oxygens (including phenoxy) is 1. The average Bonchev–Trinajstić information content (AvgIpc) is 2.37. The van der Waals surface area contributed by atoms with Crippen molar-refractivity contribution in [2.45, 2.75) is 58.0 Å². The van der Waals surface area contributed by atoms with Crippen molar-refractivity contribution in [1.29, 1.82) is 0 Å². The van der Waals surface area contributed by atoms with E-state index in [-0.39, 0.29) is 5.41 Å². The number of hydrogen-bond acceptors (Lipinski definition) is 3. The number of aliphatic hydroxyl groups is 1. The Bertz CT molecular complexity index is 408. The van der Waals surface area contributed by atoms with E-state index in [0.717, 1.165) is 25.0 Å². The topological polar surface area (TPSA) is 55.5 Å². The molecular weight excluding hydrogens is 250 g/mol. The minimum absolute atomic E-state index is 0.138. The fraction of sp³-hybridized carbons (Fsp3) is 0.647. The summed E-state index contributed by atoms with van der Waals surface area (Å²) in [5.74, 6) is 0.919. The molecule has 1 aromatic rings. The Morgan fingerprint density at radius 1 is 1.15 bits per heavy atom. The molecule has 0 heterocycles. The molecule has 1 unspecified atom stereocenters. The van der Waals surface area contributed by atoms with Crippen molar-refractivity contribution in [3.05, 3.63) is 29.8 Å². The number of rotatable bonds is 7. The van der Waals surface area contributed by atoms with E-state index in [1.807, 2.05) is 12.1 Å². The minimum atomic E-state index is -0.744. The van der Waals surface area contributed by atoms with Crippen LogP contribution in [-0.2, 0) is 5.41 Å². The number of nitrogens with two attached hydrogens (primary N) is 1. The van der Waals surface area contributed by atoms with E-state index in [1.165, 1.54) is 5.56 Å². The Labute approximate surface area is 123 Å². The highest BCUT2D eigenvalue weighted by Gasteiger charge is 2.17. The molecule has 0 saturated heterocycles. The highest BCUT2D eigenvalue weighted by molar-refractivity contribution is 5.32. The van der Waals surface area contributed by atoms with Crippen LogP contribution in [0.4, 0.5) is 0 Å². The maximum absolute atomic E-state index is 9.80. The van der Waals surface area contributed by atoms with E-state index in [2.05, 4.69) is 32.9 Å². The van der Waals surface area contributed by atoms with E-state index in [0.29, 0.717) is 13.2 Å². The molecule has 0 aromatic heterocycles. The molecule has 3 nitrogen and oxygen atoms in total. The molecule has 0 spiro atoms. The lowest BCUT2D eigenvalue weighted by molar-refractivity contribution is 0.0562. The lowest BCUT2D eigenvalue weighted by Crippen LogP contribution is -2.33. The van der Waals surface area contributed by atoms with Gasteiger partial charge in [0, 0.05) is 6.54 Å². The lowest BCUT2D eigenvalue weighted by atomic mass is 9.87. The van der Waals surface area contributed by atoms with Crippen LogP contribution < -0.4 is 10.5 Å².